The van der Waals surface area contributed by atoms with Crippen molar-refractivity contribution in [2.24, 2.45) is 64.1 Å². The van der Waals surface area contributed by atoms with Crippen LogP contribution in [0.2, 0.25) is 0 Å². The average Bonchev–Trinajstić information content (AvgIpc) is 3.19. The highest BCUT2D eigenvalue weighted by atomic mass is 16.3. The lowest BCUT2D eigenvalue weighted by Crippen LogP contribution is -2.58. The van der Waals surface area contributed by atoms with Crippen LogP contribution in [0.5, 0.6) is 0 Å². The van der Waals surface area contributed by atoms with Crippen molar-refractivity contribution in [3.8, 4) is 0 Å². The third-order valence-electron chi connectivity index (χ3n) is 14.8. The van der Waals surface area contributed by atoms with Gasteiger partial charge in [0.1, 0.15) is 5.78 Å². The Morgan fingerprint density at radius 1 is 0.895 bits per heavy atom. The Hall–Kier alpha value is -0.410. The molecule has 8 saturated carbocycles. The molecule has 0 radical (unpaired) electrons. The number of fused-ring (bicyclic) bond motifs is 5. The zero-order valence-corrected chi connectivity index (χ0v) is 24.9. The van der Waals surface area contributed by atoms with Crippen LogP contribution in [0, 0.1) is 64.1 Å². The Bertz CT molecular complexity index is 888. The SMILES string of the molecule is CCCCN(CC1C2CC3CC(C2)CC1C3)C[C@@]1(O)CC[C@@]2(C)C(CCC3C2CC[C@]2(C)C(=O)CCC32)C1. The maximum atomic E-state index is 12.8. The first-order valence-corrected chi connectivity index (χ1v) is 17.2. The first-order valence-electron chi connectivity index (χ1n) is 17.2. The minimum absolute atomic E-state index is 0.0164. The molecule has 8 aliphatic rings. The van der Waals surface area contributed by atoms with Crippen molar-refractivity contribution in [1.82, 2.24) is 4.90 Å². The molecule has 3 heteroatoms. The molecule has 8 rings (SSSR count). The van der Waals surface area contributed by atoms with Gasteiger partial charge in [-0.05, 0) is 155 Å². The number of carbonyl (C=O) groups excluding carboxylic acids is 1. The fourth-order valence-corrected chi connectivity index (χ4v) is 12.9. The molecule has 8 aliphatic carbocycles. The molecule has 0 saturated heterocycles. The molecular weight excluding hydrogens is 466 g/mol. The van der Waals surface area contributed by atoms with E-state index < -0.39 is 5.60 Å². The summed E-state index contributed by atoms with van der Waals surface area (Å²) in [5.41, 5.74) is -0.140. The van der Waals surface area contributed by atoms with Gasteiger partial charge < -0.3 is 10.0 Å². The summed E-state index contributed by atoms with van der Waals surface area (Å²) >= 11 is 0. The van der Waals surface area contributed by atoms with E-state index in [2.05, 4.69) is 25.7 Å². The molecule has 0 spiro atoms. The van der Waals surface area contributed by atoms with Gasteiger partial charge in [0.2, 0.25) is 0 Å². The van der Waals surface area contributed by atoms with Crippen LogP contribution in [0.1, 0.15) is 124 Å². The summed E-state index contributed by atoms with van der Waals surface area (Å²) in [7, 11) is 0. The summed E-state index contributed by atoms with van der Waals surface area (Å²) in [6, 6.07) is 0. The van der Waals surface area contributed by atoms with Gasteiger partial charge in [0.25, 0.3) is 0 Å². The normalized spacial score (nSPS) is 53.2. The third-order valence-corrected chi connectivity index (χ3v) is 14.8. The molecule has 0 amide bonds. The standard InChI is InChI=1S/C35H57NO2/c1-4-5-14-36(21-29-25-16-23-15-24(18-25)19-26(29)17-23)22-35(38)13-12-33(2)27(20-35)6-7-28-30-8-9-32(37)34(30,3)11-10-31(28)33/h23-31,38H,4-22H2,1-3H3/t23?,24?,25?,26?,27?,28?,29?,30?,31?,33-,34-,35+/m0/s1. The number of unbranched alkanes of at least 4 members (excludes halogenated alkanes) is 1. The molecule has 3 nitrogen and oxygen atoms in total. The van der Waals surface area contributed by atoms with Gasteiger partial charge in [0.15, 0.2) is 0 Å². The molecule has 38 heavy (non-hydrogen) atoms. The molecule has 4 bridgehead atoms. The zero-order chi connectivity index (χ0) is 26.3. The van der Waals surface area contributed by atoms with Gasteiger partial charge in [-0.3, -0.25) is 4.79 Å². The summed E-state index contributed by atoms with van der Waals surface area (Å²) in [4.78, 5) is 15.6. The van der Waals surface area contributed by atoms with Gasteiger partial charge in [-0.2, -0.15) is 0 Å². The molecule has 0 aliphatic heterocycles. The monoisotopic (exact) mass is 523 g/mol. The summed E-state index contributed by atoms with van der Waals surface area (Å²) < 4.78 is 0. The number of aliphatic hydroxyl groups is 1. The lowest BCUT2D eigenvalue weighted by atomic mass is 9.44. The van der Waals surface area contributed by atoms with E-state index in [4.69, 9.17) is 0 Å². The largest absolute Gasteiger partial charge is 0.389 e. The van der Waals surface area contributed by atoms with E-state index in [0.717, 1.165) is 80.1 Å². The smallest absolute Gasteiger partial charge is 0.139 e. The number of hydrogen-bond donors (Lipinski definition) is 1. The summed E-state index contributed by atoms with van der Waals surface area (Å²) in [6.07, 6.45) is 20.3. The quantitative estimate of drug-likeness (QED) is 0.375. The molecule has 0 aromatic heterocycles. The van der Waals surface area contributed by atoms with Crippen molar-refractivity contribution in [2.75, 3.05) is 19.6 Å². The van der Waals surface area contributed by atoms with E-state index in [-0.39, 0.29) is 5.41 Å². The maximum Gasteiger partial charge on any atom is 0.139 e. The van der Waals surface area contributed by atoms with E-state index in [1.165, 1.54) is 83.7 Å². The van der Waals surface area contributed by atoms with Gasteiger partial charge in [-0.15, -0.1) is 0 Å². The zero-order valence-electron chi connectivity index (χ0n) is 24.9. The van der Waals surface area contributed by atoms with Crippen LogP contribution < -0.4 is 0 Å². The second kappa shape index (κ2) is 9.57. The van der Waals surface area contributed by atoms with Gasteiger partial charge in [0.05, 0.1) is 5.60 Å². The van der Waals surface area contributed by atoms with Crippen LogP contribution in [0.25, 0.3) is 0 Å². The summed E-state index contributed by atoms with van der Waals surface area (Å²) in [5.74, 6) is 8.36. The molecule has 4 unspecified atom stereocenters. The van der Waals surface area contributed by atoms with Gasteiger partial charge in [-0.1, -0.05) is 27.2 Å². The summed E-state index contributed by atoms with van der Waals surface area (Å²) in [5, 5.41) is 12.2. The van der Waals surface area contributed by atoms with Crippen molar-refractivity contribution >= 4 is 5.78 Å². The Kier molecular flexibility index (Phi) is 6.67. The van der Waals surface area contributed by atoms with Crippen LogP contribution in [0.4, 0.5) is 0 Å². The minimum atomic E-state index is -0.497. The van der Waals surface area contributed by atoms with Crippen molar-refractivity contribution in [2.45, 2.75) is 129 Å². The highest BCUT2D eigenvalue weighted by Crippen LogP contribution is 2.66. The number of carbonyl (C=O) groups is 1. The van der Waals surface area contributed by atoms with Gasteiger partial charge in [0, 0.05) is 24.9 Å². The predicted molar refractivity (Wildman–Crippen MR) is 154 cm³/mol. The summed E-state index contributed by atoms with van der Waals surface area (Å²) in [6.45, 7) is 10.6. The van der Waals surface area contributed by atoms with E-state index in [0.29, 0.717) is 23.0 Å². The number of hydrogen-bond acceptors (Lipinski definition) is 3. The first kappa shape index (κ1) is 26.5. The Morgan fingerprint density at radius 2 is 1.63 bits per heavy atom. The fraction of sp³-hybridized carbons (Fsp3) is 0.971. The number of Topliss-reactive ketones (excluding diaryl/α,β-unsaturated/α-hetero) is 1. The molecule has 0 aromatic carbocycles. The molecule has 214 valence electrons. The van der Waals surface area contributed by atoms with Crippen LogP contribution in [0.15, 0.2) is 0 Å². The number of rotatable bonds is 7. The molecule has 0 heterocycles. The average molecular weight is 524 g/mol. The second-order valence-electron chi connectivity index (χ2n) is 16.7. The highest BCUT2D eigenvalue weighted by molar-refractivity contribution is 5.87. The Balaban J connectivity index is 1.04. The van der Waals surface area contributed by atoms with Crippen molar-refractivity contribution in [1.29, 1.82) is 0 Å². The van der Waals surface area contributed by atoms with Crippen molar-refractivity contribution < 1.29 is 9.90 Å². The lowest BCUT2D eigenvalue weighted by molar-refractivity contribution is -0.158. The maximum absolute atomic E-state index is 12.8. The molecule has 8 fully saturated rings. The fourth-order valence-electron chi connectivity index (χ4n) is 12.9. The molecule has 1 N–H and O–H groups in total. The topological polar surface area (TPSA) is 40.5 Å². The van der Waals surface area contributed by atoms with Crippen LogP contribution >= 0.6 is 0 Å². The van der Waals surface area contributed by atoms with E-state index in [1.807, 2.05) is 0 Å². The molecule has 7 atom stereocenters. The van der Waals surface area contributed by atoms with Crippen LogP contribution in [-0.4, -0.2) is 41.0 Å². The second-order valence-corrected chi connectivity index (χ2v) is 16.7. The minimum Gasteiger partial charge on any atom is -0.389 e. The Labute approximate surface area is 233 Å². The predicted octanol–water partition coefficient (Wildman–Crippen LogP) is 7.50. The number of nitrogens with zero attached hydrogens (tertiary/aromatic N) is 1. The Morgan fingerprint density at radius 3 is 2.34 bits per heavy atom. The van der Waals surface area contributed by atoms with E-state index >= 15 is 0 Å². The van der Waals surface area contributed by atoms with Gasteiger partial charge in [-0.25, -0.2) is 0 Å². The first-order chi connectivity index (χ1) is 18.2. The van der Waals surface area contributed by atoms with Crippen LogP contribution in [-0.2, 0) is 4.79 Å². The van der Waals surface area contributed by atoms with Gasteiger partial charge >= 0.3 is 0 Å². The van der Waals surface area contributed by atoms with E-state index in [1.54, 1.807) is 0 Å². The van der Waals surface area contributed by atoms with E-state index in [9.17, 15) is 9.90 Å². The number of ketones is 1. The third kappa shape index (κ3) is 4.21. The molecular formula is C35H57NO2. The van der Waals surface area contributed by atoms with Crippen molar-refractivity contribution in [3.05, 3.63) is 0 Å². The highest BCUT2D eigenvalue weighted by Gasteiger charge is 2.61. The molecule has 0 aromatic rings. The van der Waals surface area contributed by atoms with Crippen molar-refractivity contribution in [3.63, 3.8) is 0 Å². The lowest BCUT2D eigenvalue weighted by Gasteiger charge is -2.61. The van der Waals surface area contributed by atoms with Crippen LogP contribution in [0.3, 0.4) is 0 Å².